The van der Waals surface area contributed by atoms with E-state index in [0.717, 1.165) is 31.5 Å². The van der Waals surface area contributed by atoms with Gasteiger partial charge in [-0.15, -0.1) is 0 Å². The molecule has 0 spiro atoms. The minimum atomic E-state index is -0.0605. The summed E-state index contributed by atoms with van der Waals surface area (Å²) in [5, 5.41) is 0. The number of amides is 3. The summed E-state index contributed by atoms with van der Waals surface area (Å²) >= 11 is 0. The van der Waals surface area contributed by atoms with E-state index in [1.54, 1.807) is 9.80 Å². The van der Waals surface area contributed by atoms with Crippen molar-refractivity contribution >= 4 is 17.6 Å². The van der Waals surface area contributed by atoms with Gasteiger partial charge in [0.05, 0.1) is 0 Å². The van der Waals surface area contributed by atoms with Crippen LogP contribution in [0, 0.1) is 0 Å². The Bertz CT molecular complexity index is 561. The lowest BCUT2D eigenvalue weighted by Crippen LogP contribution is -2.48. The number of carbonyl (C=O) groups excluding carboxylic acids is 2. The number of likely N-dealkylation sites (tertiary alicyclic amines) is 1. The summed E-state index contributed by atoms with van der Waals surface area (Å²) < 4.78 is 0. The highest BCUT2D eigenvalue weighted by Crippen LogP contribution is 2.22. The Morgan fingerprint density at radius 1 is 1.13 bits per heavy atom. The zero-order valence-corrected chi connectivity index (χ0v) is 13.8. The van der Waals surface area contributed by atoms with E-state index in [1.165, 1.54) is 6.42 Å². The normalized spacial score (nSPS) is 21.9. The average molecular weight is 315 g/mol. The molecule has 0 aromatic heterocycles. The maximum atomic E-state index is 12.6. The van der Waals surface area contributed by atoms with Crippen molar-refractivity contribution in [2.24, 2.45) is 0 Å². The minimum Gasteiger partial charge on any atom is -0.338 e. The Labute approximate surface area is 137 Å². The quantitative estimate of drug-likeness (QED) is 0.857. The Balaban J connectivity index is 1.62. The first-order valence-electron chi connectivity index (χ1n) is 8.61. The zero-order chi connectivity index (χ0) is 16.2. The van der Waals surface area contributed by atoms with Crippen LogP contribution in [-0.2, 0) is 4.79 Å². The second kappa shape index (κ2) is 7.02. The SMILES string of the molecule is CCC1CCCCN1C(=O)CN1CCN(c2ccccc2)C1=O. The Kier molecular flexibility index (Phi) is 4.84. The summed E-state index contributed by atoms with van der Waals surface area (Å²) in [4.78, 5) is 30.6. The van der Waals surface area contributed by atoms with Gasteiger partial charge in [-0.2, -0.15) is 0 Å². The number of benzene rings is 1. The fourth-order valence-corrected chi connectivity index (χ4v) is 3.58. The van der Waals surface area contributed by atoms with Crippen molar-refractivity contribution in [1.82, 2.24) is 9.80 Å². The van der Waals surface area contributed by atoms with Crippen molar-refractivity contribution in [2.75, 3.05) is 31.1 Å². The molecule has 2 aliphatic heterocycles. The summed E-state index contributed by atoms with van der Waals surface area (Å²) in [5.74, 6) is 0.0970. The molecule has 2 saturated heterocycles. The van der Waals surface area contributed by atoms with E-state index in [2.05, 4.69) is 6.92 Å². The molecule has 0 saturated carbocycles. The molecular weight excluding hydrogens is 290 g/mol. The zero-order valence-electron chi connectivity index (χ0n) is 13.8. The van der Waals surface area contributed by atoms with Crippen molar-refractivity contribution in [3.8, 4) is 0 Å². The maximum absolute atomic E-state index is 12.6. The lowest BCUT2D eigenvalue weighted by molar-refractivity contribution is -0.135. The van der Waals surface area contributed by atoms with Gasteiger partial charge in [-0.1, -0.05) is 25.1 Å². The van der Waals surface area contributed by atoms with Gasteiger partial charge in [0, 0.05) is 31.4 Å². The summed E-state index contributed by atoms with van der Waals surface area (Å²) in [5.41, 5.74) is 0.900. The second-order valence-electron chi connectivity index (χ2n) is 6.34. The van der Waals surface area contributed by atoms with Crippen LogP contribution in [-0.4, -0.2) is 54.0 Å². The fourth-order valence-electron chi connectivity index (χ4n) is 3.58. The molecule has 2 heterocycles. The minimum absolute atomic E-state index is 0.0605. The summed E-state index contributed by atoms with van der Waals surface area (Å²) in [6.45, 7) is 4.44. The predicted octanol–water partition coefficient (Wildman–Crippen LogP) is 2.72. The number of anilines is 1. The number of carbonyl (C=O) groups is 2. The van der Waals surface area contributed by atoms with Gasteiger partial charge < -0.3 is 9.80 Å². The predicted molar refractivity (Wildman–Crippen MR) is 90.4 cm³/mol. The summed E-state index contributed by atoms with van der Waals surface area (Å²) in [6, 6.07) is 9.94. The monoisotopic (exact) mass is 315 g/mol. The molecule has 2 fully saturated rings. The Morgan fingerprint density at radius 2 is 1.91 bits per heavy atom. The standard InChI is InChI=1S/C18H25N3O2/c1-2-15-8-6-7-11-20(15)17(22)14-19-12-13-21(18(19)23)16-9-4-3-5-10-16/h3-5,9-10,15H,2,6-8,11-14H2,1H3. The third-order valence-corrected chi connectivity index (χ3v) is 4.91. The topological polar surface area (TPSA) is 43.9 Å². The van der Waals surface area contributed by atoms with Crippen LogP contribution in [0.2, 0.25) is 0 Å². The number of rotatable bonds is 4. The Hall–Kier alpha value is -2.04. The summed E-state index contributed by atoms with van der Waals surface area (Å²) in [6.07, 6.45) is 4.36. The molecule has 23 heavy (non-hydrogen) atoms. The van der Waals surface area contributed by atoms with Crippen LogP contribution in [0.1, 0.15) is 32.6 Å². The molecule has 0 bridgehead atoms. The first-order chi connectivity index (χ1) is 11.2. The largest absolute Gasteiger partial charge is 0.338 e. The van der Waals surface area contributed by atoms with E-state index in [-0.39, 0.29) is 18.5 Å². The second-order valence-corrected chi connectivity index (χ2v) is 6.34. The van der Waals surface area contributed by atoms with E-state index in [4.69, 9.17) is 0 Å². The van der Waals surface area contributed by atoms with Crippen LogP contribution in [0.3, 0.4) is 0 Å². The molecule has 1 atom stereocenters. The molecule has 0 aliphatic carbocycles. The highest BCUT2D eigenvalue weighted by atomic mass is 16.2. The van der Waals surface area contributed by atoms with E-state index < -0.39 is 0 Å². The van der Waals surface area contributed by atoms with Gasteiger partial charge in [-0.3, -0.25) is 9.69 Å². The first kappa shape index (κ1) is 15.8. The van der Waals surface area contributed by atoms with Gasteiger partial charge in [-0.05, 0) is 37.8 Å². The third kappa shape index (κ3) is 3.33. The molecule has 3 rings (SSSR count). The first-order valence-corrected chi connectivity index (χ1v) is 8.61. The average Bonchev–Trinajstić information content (AvgIpc) is 2.96. The number of para-hydroxylation sites is 1. The van der Waals surface area contributed by atoms with Crippen molar-refractivity contribution in [2.45, 2.75) is 38.6 Å². The molecule has 3 amide bonds. The van der Waals surface area contributed by atoms with Crippen molar-refractivity contribution < 1.29 is 9.59 Å². The molecule has 124 valence electrons. The highest BCUT2D eigenvalue weighted by molar-refractivity contribution is 5.96. The number of urea groups is 1. The number of hydrogen-bond acceptors (Lipinski definition) is 2. The van der Waals surface area contributed by atoms with Crippen LogP contribution in [0.25, 0.3) is 0 Å². The van der Waals surface area contributed by atoms with E-state index in [9.17, 15) is 9.59 Å². The van der Waals surface area contributed by atoms with Gasteiger partial charge >= 0.3 is 6.03 Å². The van der Waals surface area contributed by atoms with E-state index in [1.807, 2.05) is 35.2 Å². The van der Waals surface area contributed by atoms with Gasteiger partial charge in [0.15, 0.2) is 0 Å². The maximum Gasteiger partial charge on any atom is 0.325 e. The molecule has 0 N–H and O–H groups in total. The van der Waals surface area contributed by atoms with Crippen molar-refractivity contribution in [3.05, 3.63) is 30.3 Å². The lowest BCUT2D eigenvalue weighted by atomic mass is 10.00. The van der Waals surface area contributed by atoms with Gasteiger partial charge in [0.1, 0.15) is 6.54 Å². The van der Waals surface area contributed by atoms with Crippen molar-refractivity contribution in [3.63, 3.8) is 0 Å². The highest BCUT2D eigenvalue weighted by Gasteiger charge is 2.33. The Morgan fingerprint density at radius 3 is 2.65 bits per heavy atom. The van der Waals surface area contributed by atoms with Gasteiger partial charge in [0.25, 0.3) is 0 Å². The molecule has 5 heteroatoms. The molecule has 1 unspecified atom stereocenters. The van der Waals surface area contributed by atoms with Crippen LogP contribution in [0.5, 0.6) is 0 Å². The van der Waals surface area contributed by atoms with Gasteiger partial charge in [0.2, 0.25) is 5.91 Å². The fraction of sp³-hybridized carbons (Fsp3) is 0.556. The van der Waals surface area contributed by atoms with Crippen LogP contribution in [0.15, 0.2) is 30.3 Å². The molecule has 2 aliphatic rings. The summed E-state index contributed by atoms with van der Waals surface area (Å²) in [7, 11) is 0. The van der Waals surface area contributed by atoms with Crippen LogP contribution >= 0.6 is 0 Å². The molecule has 1 aromatic carbocycles. The molecule has 0 radical (unpaired) electrons. The number of hydrogen-bond donors (Lipinski definition) is 0. The molecule has 1 aromatic rings. The third-order valence-electron chi connectivity index (χ3n) is 4.91. The lowest BCUT2D eigenvalue weighted by Gasteiger charge is -2.36. The van der Waals surface area contributed by atoms with E-state index >= 15 is 0 Å². The number of nitrogens with zero attached hydrogens (tertiary/aromatic N) is 3. The number of piperidine rings is 1. The van der Waals surface area contributed by atoms with Crippen LogP contribution in [0.4, 0.5) is 10.5 Å². The van der Waals surface area contributed by atoms with Crippen LogP contribution < -0.4 is 4.90 Å². The molecular formula is C18H25N3O2. The van der Waals surface area contributed by atoms with E-state index in [0.29, 0.717) is 19.1 Å². The van der Waals surface area contributed by atoms with Gasteiger partial charge in [-0.25, -0.2) is 4.79 Å². The molecule has 5 nitrogen and oxygen atoms in total. The van der Waals surface area contributed by atoms with Crippen molar-refractivity contribution in [1.29, 1.82) is 0 Å². The smallest absolute Gasteiger partial charge is 0.325 e.